The number of rotatable bonds is 6. The first-order valence-corrected chi connectivity index (χ1v) is 7.09. The molecule has 0 unspecified atom stereocenters. The molecule has 106 valence electrons. The largest absolute Gasteiger partial charge is 0.330 e. The summed E-state index contributed by atoms with van der Waals surface area (Å²) in [7, 11) is 0. The normalized spacial score (nSPS) is 11.8. The molecule has 1 heterocycles. The van der Waals surface area contributed by atoms with Crippen LogP contribution < -0.4 is 5.73 Å². The number of hydrogen-bond donors (Lipinski definition) is 1. The van der Waals surface area contributed by atoms with Gasteiger partial charge in [0.1, 0.15) is 0 Å². The molecule has 0 amide bonds. The molecule has 1 aromatic carbocycles. The van der Waals surface area contributed by atoms with Crippen molar-refractivity contribution in [3.63, 3.8) is 0 Å². The van der Waals surface area contributed by atoms with E-state index >= 15 is 0 Å². The molecular formula is C17H22N2O. The van der Waals surface area contributed by atoms with E-state index in [0.717, 1.165) is 29.2 Å². The molecule has 1 aromatic heterocycles. The maximum atomic E-state index is 12.4. The average molecular weight is 270 g/mol. The summed E-state index contributed by atoms with van der Waals surface area (Å²) in [6.45, 7) is 4.99. The molecule has 3 nitrogen and oxygen atoms in total. The van der Waals surface area contributed by atoms with Crippen molar-refractivity contribution in [3.8, 4) is 0 Å². The van der Waals surface area contributed by atoms with Crippen molar-refractivity contribution >= 4 is 16.6 Å². The first-order valence-electron chi connectivity index (χ1n) is 7.09. The maximum absolute atomic E-state index is 12.4. The molecule has 0 saturated heterocycles. The fourth-order valence-corrected chi connectivity index (χ4v) is 2.44. The molecule has 0 fully saturated rings. The Bertz CT molecular complexity index is 599. The van der Waals surface area contributed by atoms with Crippen LogP contribution in [0.3, 0.4) is 0 Å². The standard InChI is InChI=1S/C17H22N2O/c1-17(2,9-10-18)8-7-16(20)15-12-19-11-13-5-3-4-6-14(13)15/h3-6,11-12H,7-10,18H2,1-2H3. The molecule has 0 spiro atoms. The second kappa shape index (κ2) is 6.14. The molecule has 0 atom stereocenters. The lowest BCUT2D eigenvalue weighted by Gasteiger charge is -2.23. The number of carbonyl (C=O) groups excluding carboxylic acids is 1. The average Bonchev–Trinajstić information content (AvgIpc) is 2.44. The molecular weight excluding hydrogens is 248 g/mol. The number of nitrogens with zero attached hydrogens (tertiary/aromatic N) is 1. The highest BCUT2D eigenvalue weighted by Crippen LogP contribution is 2.27. The number of carbonyl (C=O) groups is 1. The third-order valence-corrected chi connectivity index (χ3v) is 3.82. The van der Waals surface area contributed by atoms with Gasteiger partial charge in [0.2, 0.25) is 0 Å². The molecule has 0 aliphatic carbocycles. The zero-order valence-electron chi connectivity index (χ0n) is 12.2. The number of hydrogen-bond acceptors (Lipinski definition) is 3. The highest BCUT2D eigenvalue weighted by Gasteiger charge is 2.19. The Kier molecular flexibility index (Phi) is 4.50. The van der Waals surface area contributed by atoms with Crippen molar-refractivity contribution in [2.24, 2.45) is 11.1 Å². The van der Waals surface area contributed by atoms with E-state index in [1.807, 2.05) is 24.3 Å². The second-order valence-corrected chi connectivity index (χ2v) is 6.03. The van der Waals surface area contributed by atoms with Crippen LogP contribution in [0.15, 0.2) is 36.7 Å². The highest BCUT2D eigenvalue weighted by atomic mass is 16.1. The van der Waals surface area contributed by atoms with Gasteiger partial charge in [0.15, 0.2) is 5.78 Å². The van der Waals surface area contributed by atoms with Gasteiger partial charge in [-0.05, 0) is 30.2 Å². The Labute approximate surface area is 120 Å². The van der Waals surface area contributed by atoms with E-state index in [-0.39, 0.29) is 11.2 Å². The SMILES string of the molecule is CC(C)(CCN)CCC(=O)c1cncc2ccccc12. The van der Waals surface area contributed by atoms with Crippen LogP contribution in [0, 0.1) is 5.41 Å². The Morgan fingerprint density at radius 2 is 1.95 bits per heavy atom. The minimum Gasteiger partial charge on any atom is -0.330 e. The Hall–Kier alpha value is -1.74. The van der Waals surface area contributed by atoms with Crippen LogP contribution in [0.1, 0.15) is 43.5 Å². The molecule has 0 bridgehead atoms. The van der Waals surface area contributed by atoms with Crippen LogP contribution in [-0.4, -0.2) is 17.3 Å². The van der Waals surface area contributed by atoms with Crippen molar-refractivity contribution < 1.29 is 4.79 Å². The van der Waals surface area contributed by atoms with Crippen LogP contribution in [0.2, 0.25) is 0 Å². The quantitative estimate of drug-likeness (QED) is 0.816. The summed E-state index contributed by atoms with van der Waals surface area (Å²) in [5.41, 5.74) is 6.45. The Balaban J connectivity index is 2.16. The van der Waals surface area contributed by atoms with Gasteiger partial charge in [0, 0.05) is 29.8 Å². The van der Waals surface area contributed by atoms with Gasteiger partial charge >= 0.3 is 0 Å². The summed E-state index contributed by atoms with van der Waals surface area (Å²) in [4.78, 5) is 16.6. The van der Waals surface area contributed by atoms with E-state index in [2.05, 4.69) is 18.8 Å². The predicted octanol–water partition coefficient (Wildman–Crippen LogP) is 3.57. The summed E-state index contributed by atoms with van der Waals surface area (Å²) < 4.78 is 0. The van der Waals surface area contributed by atoms with Gasteiger partial charge in [0.05, 0.1) is 0 Å². The van der Waals surface area contributed by atoms with Crippen LogP contribution in [0.25, 0.3) is 10.8 Å². The van der Waals surface area contributed by atoms with E-state index in [4.69, 9.17) is 5.73 Å². The van der Waals surface area contributed by atoms with Crippen LogP contribution in [0.5, 0.6) is 0 Å². The highest BCUT2D eigenvalue weighted by molar-refractivity contribution is 6.07. The molecule has 2 rings (SSSR count). The number of nitrogens with two attached hydrogens (primary N) is 1. The lowest BCUT2D eigenvalue weighted by molar-refractivity contribution is 0.0963. The van der Waals surface area contributed by atoms with Crippen molar-refractivity contribution in [2.45, 2.75) is 33.1 Å². The monoisotopic (exact) mass is 270 g/mol. The van der Waals surface area contributed by atoms with Gasteiger partial charge < -0.3 is 5.73 Å². The van der Waals surface area contributed by atoms with E-state index in [1.165, 1.54) is 0 Å². The fourth-order valence-electron chi connectivity index (χ4n) is 2.44. The zero-order valence-corrected chi connectivity index (χ0v) is 12.2. The number of Topliss-reactive ketones (excluding diaryl/α,β-unsaturated/α-hetero) is 1. The molecule has 2 aromatic rings. The third-order valence-electron chi connectivity index (χ3n) is 3.82. The zero-order chi connectivity index (χ0) is 14.6. The number of fused-ring (bicyclic) bond motifs is 1. The summed E-state index contributed by atoms with van der Waals surface area (Å²) in [6, 6.07) is 7.88. The van der Waals surface area contributed by atoms with Crippen molar-refractivity contribution in [1.29, 1.82) is 0 Å². The van der Waals surface area contributed by atoms with Crippen molar-refractivity contribution in [3.05, 3.63) is 42.2 Å². The van der Waals surface area contributed by atoms with Crippen LogP contribution in [0.4, 0.5) is 0 Å². The summed E-state index contributed by atoms with van der Waals surface area (Å²) in [6.07, 6.45) is 5.81. The van der Waals surface area contributed by atoms with Crippen LogP contribution >= 0.6 is 0 Å². The summed E-state index contributed by atoms with van der Waals surface area (Å²) in [5.74, 6) is 0.166. The van der Waals surface area contributed by atoms with Crippen molar-refractivity contribution in [2.75, 3.05) is 6.54 Å². The lowest BCUT2D eigenvalue weighted by atomic mass is 9.83. The number of benzene rings is 1. The van der Waals surface area contributed by atoms with Gasteiger partial charge in [-0.15, -0.1) is 0 Å². The van der Waals surface area contributed by atoms with Crippen LogP contribution in [-0.2, 0) is 0 Å². The number of pyridine rings is 1. The topological polar surface area (TPSA) is 56.0 Å². The molecule has 0 saturated carbocycles. The van der Waals surface area contributed by atoms with E-state index in [9.17, 15) is 4.79 Å². The lowest BCUT2D eigenvalue weighted by Crippen LogP contribution is -2.18. The third kappa shape index (κ3) is 3.42. The van der Waals surface area contributed by atoms with Gasteiger partial charge in [0.25, 0.3) is 0 Å². The minimum absolute atomic E-state index is 0.114. The maximum Gasteiger partial charge on any atom is 0.165 e. The van der Waals surface area contributed by atoms with E-state index in [0.29, 0.717) is 13.0 Å². The smallest absolute Gasteiger partial charge is 0.165 e. The van der Waals surface area contributed by atoms with Gasteiger partial charge in [-0.2, -0.15) is 0 Å². The van der Waals surface area contributed by atoms with Gasteiger partial charge in [-0.3, -0.25) is 9.78 Å². The molecule has 3 heteroatoms. The van der Waals surface area contributed by atoms with E-state index in [1.54, 1.807) is 12.4 Å². The minimum atomic E-state index is 0.114. The first-order chi connectivity index (χ1) is 9.53. The molecule has 0 aliphatic rings. The molecule has 20 heavy (non-hydrogen) atoms. The number of aromatic nitrogens is 1. The second-order valence-electron chi connectivity index (χ2n) is 6.03. The summed E-state index contributed by atoms with van der Waals surface area (Å²) >= 11 is 0. The van der Waals surface area contributed by atoms with Gasteiger partial charge in [-0.1, -0.05) is 38.1 Å². The summed E-state index contributed by atoms with van der Waals surface area (Å²) in [5, 5.41) is 2.00. The van der Waals surface area contributed by atoms with Crippen molar-refractivity contribution in [1.82, 2.24) is 4.98 Å². The predicted molar refractivity (Wildman–Crippen MR) is 82.8 cm³/mol. The molecule has 2 N–H and O–H groups in total. The Morgan fingerprint density at radius 3 is 2.70 bits per heavy atom. The van der Waals surface area contributed by atoms with Gasteiger partial charge in [-0.25, -0.2) is 0 Å². The first kappa shape index (κ1) is 14.7. The molecule has 0 radical (unpaired) electrons. The Morgan fingerprint density at radius 1 is 1.20 bits per heavy atom. The van der Waals surface area contributed by atoms with E-state index < -0.39 is 0 Å². The molecule has 0 aliphatic heterocycles. The fraction of sp³-hybridized carbons (Fsp3) is 0.412. The number of ketones is 1.